The minimum absolute atomic E-state index is 0.0470. The van der Waals surface area contributed by atoms with Gasteiger partial charge >= 0.3 is 0 Å². The number of rotatable bonds is 6. The first kappa shape index (κ1) is 15.3. The van der Waals surface area contributed by atoms with E-state index in [4.69, 9.17) is 16.3 Å². The molecule has 0 spiro atoms. The Morgan fingerprint density at radius 3 is 2.38 bits per heavy atom. The standard InChI is InChI=1S/C16H14ClFO3/c1-20-14-9-12(16(17)19)10-15(21-18)13(14)8-7-11-5-3-2-4-6-11/h2-6,9-10H,7-8H2,1H3. The Bertz CT molecular complexity index is 604. The molecule has 0 N–H and O–H groups in total. The highest BCUT2D eigenvalue weighted by atomic mass is 35.5. The van der Waals surface area contributed by atoms with E-state index >= 15 is 0 Å². The van der Waals surface area contributed by atoms with Crippen LogP contribution in [0.5, 0.6) is 11.5 Å². The lowest BCUT2D eigenvalue weighted by Gasteiger charge is -2.12. The van der Waals surface area contributed by atoms with Gasteiger partial charge in [-0.15, -0.1) is 0 Å². The molecule has 0 atom stereocenters. The number of carbonyl (C=O) groups is 1. The van der Waals surface area contributed by atoms with Crippen molar-refractivity contribution >= 4 is 16.8 Å². The molecule has 0 amide bonds. The molecular formula is C16H14ClFO3. The molecule has 0 unspecified atom stereocenters. The second-order valence-electron chi connectivity index (χ2n) is 4.49. The fourth-order valence-corrected chi connectivity index (χ4v) is 2.25. The van der Waals surface area contributed by atoms with Crippen LogP contribution in [0, 0.1) is 0 Å². The predicted molar refractivity (Wildman–Crippen MR) is 78.8 cm³/mol. The Morgan fingerprint density at radius 2 is 1.81 bits per heavy atom. The summed E-state index contributed by atoms with van der Waals surface area (Å²) in [7, 11) is 1.45. The van der Waals surface area contributed by atoms with Gasteiger partial charge in [0.05, 0.1) is 7.11 Å². The largest absolute Gasteiger partial charge is 0.496 e. The van der Waals surface area contributed by atoms with Crippen LogP contribution in [0.25, 0.3) is 0 Å². The normalized spacial score (nSPS) is 10.2. The van der Waals surface area contributed by atoms with Crippen molar-refractivity contribution in [3.63, 3.8) is 0 Å². The molecule has 0 fully saturated rings. The van der Waals surface area contributed by atoms with Gasteiger partial charge in [0, 0.05) is 15.7 Å². The van der Waals surface area contributed by atoms with Crippen LogP contribution in [0.15, 0.2) is 42.5 Å². The fourth-order valence-electron chi connectivity index (χ4n) is 2.14. The Kier molecular flexibility index (Phi) is 5.17. The summed E-state index contributed by atoms with van der Waals surface area (Å²) in [4.78, 5) is 15.1. The topological polar surface area (TPSA) is 35.5 Å². The molecule has 0 aliphatic heterocycles. The SMILES string of the molecule is COc1cc(C(=O)Cl)cc(OF)c1CCc1ccccc1. The number of ether oxygens (including phenoxy) is 1. The van der Waals surface area contributed by atoms with Crippen molar-refractivity contribution < 1.29 is 19.0 Å². The van der Waals surface area contributed by atoms with Gasteiger partial charge in [0.2, 0.25) is 0 Å². The maximum atomic E-state index is 12.8. The van der Waals surface area contributed by atoms with Crippen molar-refractivity contribution in [3.05, 3.63) is 59.2 Å². The van der Waals surface area contributed by atoms with Gasteiger partial charge in [-0.05, 0) is 42.1 Å². The van der Waals surface area contributed by atoms with E-state index < -0.39 is 5.24 Å². The van der Waals surface area contributed by atoms with Crippen LogP contribution >= 0.6 is 11.6 Å². The molecule has 0 bridgehead atoms. The highest BCUT2D eigenvalue weighted by molar-refractivity contribution is 6.67. The van der Waals surface area contributed by atoms with Crippen molar-refractivity contribution in [2.45, 2.75) is 12.8 Å². The second-order valence-corrected chi connectivity index (χ2v) is 4.83. The molecule has 0 aromatic heterocycles. The lowest BCUT2D eigenvalue weighted by atomic mass is 10.0. The Balaban J connectivity index is 2.31. The summed E-state index contributed by atoms with van der Waals surface area (Å²) in [5, 5.41) is -0.693. The zero-order chi connectivity index (χ0) is 15.2. The van der Waals surface area contributed by atoms with E-state index in [1.54, 1.807) is 0 Å². The van der Waals surface area contributed by atoms with Gasteiger partial charge in [-0.1, -0.05) is 30.3 Å². The fraction of sp³-hybridized carbons (Fsp3) is 0.188. The van der Waals surface area contributed by atoms with Gasteiger partial charge in [0.25, 0.3) is 5.24 Å². The monoisotopic (exact) mass is 308 g/mol. The number of halogens is 2. The quantitative estimate of drug-likeness (QED) is 0.753. The van der Waals surface area contributed by atoms with E-state index in [0.29, 0.717) is 24.2 Å². The van der Waals surface area contributed by atoms with E-state index in [0.717, 1.165) is 5.56 Å². The molecule has 0 aliphatic carbocycles. The van der Waals surface area contributed by atoms with Crippen LogP contribution in [0.3, 0.4) is 0 Å². The van der Waals surface area contributed by atoms with Gasteiger partial charge in [0.1, 0.15) is 5.75 Å². The molecule has 3 nitrogen and oxygen atoms in total. The van der Waals surface area contributed by atoms with Gasteiger partial charge in [0.15, 0.2) is 5.75 Å². The summed E-state index contributed by atoms with van der Waals surface area (Å²) in [5.41, 5.74) is 1.80. The molecule has 0 saturated carbocycles. The van der Waals surface area contributed by atoms with Crippen molar-refractivity contribution in [2.75, 3.05) is 7.11 Å². The first-order valence-electron chi connectivity index (χ1n) is 6.39. The molecule has 2 aromatic carbocycles. The molecular weight excluding hydrogens is 295 g/mol. The van der Waals surface area contributed by atoms with Crippen LogP contribution in [0.1, 0.15) is 21.5 Å². The first-order valence-corrected chi connectivity index (χ1v) is 6.76. The van der Waals surface area contributed by atoms with Crippen LogP contribution in [-0.4, -0.2) is 12.4 Å². The predicted octanol–water partition coefficient (Wildman–Crippen LogP) is 4.12. The lowest BCUT2D eigenvalue weighted by molar-refractivity contribution is -0.00764. The third-order valence-corrected chi connectivity index (χ3v) is 3.42. The van der Waals surface area contributed by atoms with Crippen molar-refractivity contribution in [1.29, 1.82) is 0 Å². The smallest absolute Gasteiger partial charge is 0.252 e. The number of carbonyl (C=O) groups excluding carboxylic acids is 1. The molecule has 2 aromatic rings. The average Bonchev–Trinajstić information content (AvgIpc) is 2.52. The van der Waals surface area contributed by atoms with E-state index in [9.17, 15) is 9.32 Å². The summed E-state index contributed by atoms with van der Waals surface area (Å²) in [5.74, 6) is 0.333. The van der Waals surface area contributed by atoms with Gasteiger partial charge < -0.3 is 4.74 Å². The summed E-state index contributed by atoms with van der Waals surface area (Å²) in [6.07, 6.45) is 1.21. The van der Waals surface area contributed by atoms with Crippen molar-refractivity contribution in [3.8, 4) is 11.5 Å². The maximum absolute atomic E-state index is 12.8. The third-order valence-electron chi connectivity index (χ3n) is 3.20. The van der Waals surface area contributed by atoms with Crippen LogP contribution < -0.4 is 9.68 Å². The van der Waals surface area contributed by atoms with Gasteiger partial charge in [-0.3, -0.25) is 9.74 Å². The Morgan fingerprint density at radius 1 is 1.14 bits per heavy atom. The van der Waals surface area contributed by atoms with E-state index in [2.05, 4.69) is 4.94 Å². The molecule has 2 rings (SSSR count). The molecule has 0 aliphatic rings. The maximum Gasteiger partial charge on any atom is 0.252 e. The highest BCUT2D eigenvalue weighted by Gasteiger charge is 2.16. The minimum atomic E-state index is -0.693. The minimum Gasteiger partial charge on any atom is -0.496 e. The van der Waals surface area contributed by atoms with Crippen LogP contribution in [-0.2, 0) is 12.8 Å². The first-order chi connectivity index (χ1) is 10.2. The van der Waals surface area contributed by atoms with Crippen molar-refractivity contribution in [2.24, 2.45) is 0 Å². The van der Waals surface area contributed by atoms with Gasteiger partial charge in [-0.2, -0.15) is 0 Å². The Hall–Kier alpha value is -2.07. The number of hydrogen-bond acceptors (Lipinski definition) is 3. The number of hydrogen-bond donors (Lipinski definition) is 0. The molecule has 0 heterocycles. The van der Waals surface area contributed by atoms with Crippen molar-refractivity contribution in [1.82, 2.24) is 0 Å². The average molecular weight is 309 g/mol. The third kappa shape index (κ3) is 3.73. The number of benzene rings is 2. The summed E-state index contributed by atoms with van der Waals surface area (Å²) >= 11 is 5.41. The Labute approximate surface area is 127 Å². The second kappa shape index (κ2) is 7.09. The molecule has 0 radical (unpaired) electrons. The zero-order valence-electron chi connectivity index (χ0n) is 11.4. The summed E-state index contributed by atoms with van der Waals surface area (Å²) in [6.45, 7) is 0. The lowest BCUT2D eigenvalue weighted by Crippen LogP contribution is -2.01. The summed E-state index contributed by atoms with van der Waals surface area (Å²) in [6, 6.07) is 12.5. The van der Waals surface area contributed by atoms with Crippen LogP contribution in [0.4, 0.5) is 4.53 Å². The molecule has 21 heavy (non-hydrogen) atoms. The molecule has 110 valence electrons. The molecule has 5 heteroatoms. The van der Waals surface area contributed by atoms with E-state index in [1.807, 2.05) is 30.3 Å². The van der Waals surface area contributed by atoms with Gasteiger partial charge in [-0.25, -0.2) is 0 Å². The summed E-state index contributed by atoms with van der Waals surface area (Å²) < 4.78 is 18.0. The molecule has 0 saturated heterocycles. The zero-order valence-corrected chi connectivity index (χ0v) is 12.2. The number of aryl methyl sites for hydroxylation is 1. The van der Waals surface area contributed by atoms with E-state index in [-0.39, 0.29) is 11.3 Å². The highest BCUT2D eigenvalue weighted by Crippen LogP contribution is 2.32. The van der Waals surface area contributed by atoms with E-state index in [1.165, 1.54) is 19.2 Å². The number of methoxy groups -OCH3 is 1. The van der Waals surface area contributed by atoms with Crippen LogP contribution in [0.2, 0.25) is 0 Å².